The summed E-state index contributed by atoms with van der Waals surface area (Å²) in [5.41, 5.74) is -0.571. The predicted molar refractivity (Wildman–Crippen MR) is 86.1 cm³/mol. The average Bonchev–Trinajstić information content (AvgIpc) is 2.58. The molecule has 0 aliphatic heterocycles. The van der Waals surface area contributed by atoms with Gasteiger partial charge in [0.25, 0.3) is 0 Å². The van der Waals surface area contributed by atoms with Crippen LogP contribution in [0.15, 0.2) is 41.7 Å². The molecule has 0 aliphatic rings. The normalized spacial score (nSPS) is 10.8. The summed E-state index contributed by atoms with van der Waals surface area (Å²) >= 11 is 5.78. The van der Waals surface area contributed by atoms with Crippen molar-refractivity contribution in [1.82, 2.24) is 14.5 Å². The number of fused-ring (bicyclic) bond motifs is 1. The van der Waals surface area contributed by atoms with Crippen molar-refractivity contribution in [2.24, 2.45) is 0 Å². The van der Waals surface area contributed by atoms with E-state index >= 15 is 0 Å². The first kappa shape index (κ1) is 16.1. The van der Waals surface area contributed by atoms with Gasteiger partial charge in [-0.1, -0.05) is 11.6 Å². The summed E-state index contributed by atoms with van der Waals surface area (Å²) in [5.74, 6) is -1.15. The zero-order valence-electron chi connectivity index (χ0n) is 12.5. The van der Waals surface area contributed by atoms with Crippen LogP contribution in [0.2, 0.25) is 5.02 Å². The molecule has 3 aromatic rings. The van der Waals surface area contributed by atoms with Crippen LogP contribution in [0, 0.1) is 5.82 Å². The SMILES string of the molecule is CCOC(=O)c1cn(-c2cnccn2)c2cc(F)c(Cl)cc2c1=O. The van der Waals surface area contributed by atoms with Crippen LogP contribution in [0.5, 0.6) is 0 Å². The van der Waals surface area contributed by atoms with Crippen LogP contribution in [0.25, 0.3) is 16.7 Å². The van der Waals surface area contributed by atoms with Gasteiger partial charge >= 0.3 is 5.97 Å². The quantitative estimate of drug-likeness (QED) is 0.681. The molecule has 0 unspecified atom stereocenters. The first-order valence-electron chi connectivity index (χ1n) is 7.01. The predicted octanol–water partition coefficient (Wildman–Crippen LogP) is 2.75. The van der Waals surface area contributed by atoms with Crippen molar-refractivity contribution in [2.75, 3.05) is 6.61 Å². The standard InChI is InChI=1S/C16H11ClFN3O3/c1-2-24-16(23)10-8-21(14-7-19-3-4-20-14)13-6-12(18)11(17)5-9(13)15(10)22/h3-8H,2H2,1H3. The van der Waals surface area contributed by atoms with E-state index in [-0.39, 0.29) is 28.1 Å². The number of rotatable bonds is 3. The van der Waals surface area contributed by atoms with Crippen LogP contribution in [0.4, 0.5) is 4.39 Å². The summed E-state index contributed by atoms with van der Waals surface area (Å²) in [5, 5.41) is -0.135. The third-order valence-electron chi connectivity index (χ3n) is 3.34. The fraction of sp³-hybridized carbons (Fsp3) is 0.125. The second kappa shape index (κ2) is 6.37. The molecule has 0 spiro atoms. The number of aromatic nitrogens is 3. The van der Waals surface area contributed by atoms with Gasteiger partial charge in [0.1, 0.15) is 11.4 Å². The number of hydrogen-bond donors (Lipinski definition) is 0. The Labute approximate surface area is 140 Å². The van der Waals surface area contributed by atoms with E-state index in [0.29, 0.717) is 5.82 Å². The molecule has 1 aromatic carbocycles. The first-order valence-corrected chi connectivity index (χ1v) is 7.38. The number of nitrogens with zero attached hydrogens (tertiary/aromatic N) is 3. The van der Waals surface area contributed by atoms with Crippen molar-refractivity contribution in [3.8, 4) is 5.82 Å². The van der Waals surface area contributed by atoms with E-state index in [2.05, 4.69) is 9.97 Å². The molecule has 8 heteroatoms. The Balaban J connectivity index is 2.40. The molecule has 0 aliphatic carbocycles. The maximum absolute atomic E-state index is 13.9. The minimum absolute atomic E-state index is 0.0811. The summed E-state index contributed by atoms with van der Waals surface area (Å²) < 4.78 is 20.2. The number of pyridine rings is 1. The Morgan fingerprint density at radius 1 is 1.38 bits per heavy atom. The molecule has 0 saturated carbocycles. The van der Waals surface area contributed by atoms with Crippen molar-refractivity contribution in [3.63, 3.8) is 0 Å². The summed E-state index contributed by atoms with van der Waals surface area (Å²) in [4.78, 5) is 32.7. The molecule has 3 rings (SSSR count). The van der Waals surface area contributed by atoms with Gasteiger partial charge in [0, 0.05) is 30.0 Å². The Kier molecular flexibility index (Phi) is 4.26. The summed E-state index contributed by atoms with van der Waals surface area (Å²) in [6.45, 7) is 1.75. The Bertz CT molecular complexity index is 989. The molecule has 2 aromatic heterocycles. The van der Waals surface area contributed by atoms with Crippen molar-refractivity contribution in [3.05, 3.63) is 63.5 Å². The van der Waals surface area contributed by atoms with Gasteiger partial charge in [0.15, 0.2) is 5.82 Å². The number of halogens is 2. The topological polar surface area (TPSA) is 74.1 Å². The van der Waals surface area contributed by atoms with Crippen LogP contribution in [-0.4, -0.2) is 27.1 Å². The number of hydrogen-bond acceptors (Lipinski definition) is 5. The van der Waals surface area contributed by atoms with Gasteiger partial charge in [0.2, 0.25) is 5.43 Å². The number of ether oxygens (including phenoxy) is 1. The number of carbonyl (C=O) groups is 1. The van der Waals surface area contributed by atoms with Crippen LogP contribution in [-0.2, 0) is 4.74 Å². The third-order valence-corrected chi connectivity index (χ3v) is 3.63. The highest BCUT2D eigenvalue weighted by molar-refractivity contribution is 6.31. The molecule has 24 heavy (non-hydrogen) atoms. The van der Waals surface area contributed by atoms with Crippen LogP contribution in [0.3, 0.4) is 0 Å². The first-order chi connectivity index (χ1) is 11.5. The molecule has 0 N–H and O–H groups in total. The second-order valence-corrected chi connectivity index (χ2v) is 5.22. The van der Waals surface area contributed by atoms with E-state index in [0.717, 1.165) is 6.07 Å². The smallest absolute Gasteiger partial charge is 0.343 e. The van der Waals surface area contributed by atoms with Gasteiger partial charge in [0.05, 0.1) is 23.3 Å². The summed E-state index contributed by atoms with van der Waals surface area (Å²) in [7, 11) is 0. The van der Waals surface area contributed by atoms with Crippen molar-refractivity contribution in [1.29, 1.82) is 0 Å². The summed E-state index contributed by atoms with van der Waals surface area (Å²) in [6.07, 6.45) is 5.60. The Hall–Kier alpha value is -2.80. The Morgan fingerprint density at radius 2 is 2.17 bits per heavy atom. The van der Waals surface area contributed by atoms with Crippen molar-refractivity contribution < 1.29 is 13.9 Å². The minimum atomic E-state index is -0.775. The average molecular weight is 348 g/mol. The highest BCUT2D eigenvalue weighted by atomic mass is 35.5. The highest BCUT2D eigenvalue weighted by Crippen LogP contribution is 2.23. The largest absolute Gasteiger partial charge is 0.462 e. The molecule has 6 nitrogen and oxygen atoms in total. The van der Waals surface area contributed by atoms with E-state index in [1.807, 2.05) is 0 Å². The molecule has 0 radical (unpaired) electrons. The number of carbonyl (C=O) groups excluding carboxylic acids is 1. The maximum Gasteiger partial charge on any atom is 0.343 e. The van der Waals surface area contributed by atoms with Crippen molar-refractivity contribution in [2.45, 2.75) is 6.92 Å². The Morgan fingerprint density at radius 3 is 2.83 bits per heavy atom. The number of esters is 1. The maximum atomic E-state index is 13.9. The fourth-order valence-corrected chi connectivity index (χ4v) is 2.44. The lowest BCUT2D eigenvalue weighted by Crippen LogP contribution is -2.21. The molecule has 0 atom stereocenters. The van der Waals surface area contributed by atoms with Gasteiger partial charge in [-0.05, 0) is 13.0 Å². The molecular formula is C16H11ClFN3O3. The van der Waals surface area contributed by atoms with E-state index in [4.69, 9.17) is 16.3 Å². The molecule has 0 fully saturated rings. The molecule has 122 valence electrons. The van der Waals surface area contributed by atoms with Crippen LogP contribution in [0.1, 0.15) is 17.3 Å². The summed E-state index contributed by atoms with van der Waals surface area (Å²) in [6, 6.07) is 2.30. The van der Waals surface area contributed by atoms with E-state index in [9.17, 15) is 14.0 Å². The minimum Gasteiger partial charge on any atom is -0.462 e. The van der Waals surface area contributed by atoms with E-state index < -0.39 is 17.2 Å². The van der Waals surface area contributed by atoms with Gasteiger partial charge in [-0.3, -0.25) is 14.3 Å². The second-order valence-electron chi connectivity index (χ2n) is 4.81. The zero-order chi connectivity index (χ0) is 17.3. The highest BCUT2D eigenvalue weighted by Gasteiger charge is 2.19. The lowest BCUT2D eigenvalue weighted by molar-refractivity contribution is 0.0524. The lowest BCUT2D eigenvalue weighted by Gasteiger charge is -2.12. The van der Waals surface area contributed by atoms with Crippen LogP contribution < -0.4 is 5.43 Å². The number of benzene rings is 1. The molecule has 0 amide bonds. The monoisotopic (exact) mass is 347 g/mol. The van der Waals surface area contributed by atoms with E-state index in [1.165, 1.54) is 35.4 Å². The van der Waals surface area contributed by atoms with Crippen molar-refractivity contribution >= 4 is 28.5 Å². The van der Waals surface area contributed by atoms with E-state index in [1.54, 1.807) is 6.92 Å². The molecular weight excluding hydrogens is 337 g/mol. The molecule has 0 bridgehead atoms. The van der Waals surface area contributed by atoms with Gasteiger partial charge in [-0.25, -0.2) is 14.2 Å². The fourth-order valence-electron chi connectivity index (χ4n) is 2.28. The lowest BCUT2D eigenvalue weighted by atomic mass is 10.1. The van der Waals surface area contributed by atoms with Gasteiger partial charge < -0.3 is 4.74 Å². The van der Waals surface area contributed by atoms with Gasteiger partial charge in [-0.2, -0.15) is 0 Å². The van der Waals surface area contributed by atoms with Gasteiger partial charge in [-0.15, -0.1) is 0 Å². The van der Waals surface area contributed by atoms with Crippen LogP contribution >= 0.6 is 11.6 Å². The zero-order valence-corrected chi connectivity index (χ0v) is 13.2. The third kappa shape index (κ3) is 2.74. The molecule has 2 heterocycles. The molecule has 0 saturated heterocycles.